The number of aliphatic hydroxyl groups excluding tert-OH is 1. The molecule has 5 rings (SSSR count). The SMILES string of the molecule is CCOc1ccc(/C(O)=C2\C(=O)C(=O)N(c3ccccc3C)C2c2c[nH]c3ccccc23)c(OCC)c1. The molecule has 1 aliphatic rings. The summed E-state index contributed by atoms with van der Waals surface area (Å²) in [4.78, 5) is 31.9. The van der Waals surface area contributed by atoms with Crippen molar-refractivity contribution >= 4 is 34.0 Å². The molecule has 1 aromatic heterocycles. The number of hydrogen-bond acceptors (Lipinski definition) is 5. The van der Waals surface area contributed by atoms with E-state index in [4.69, 9.17) is 9.47 Å². The number of ketones is 1. The quantitative estimate of drug-likeness (QED) is 0.189. The Bertz CT molecular complexity index is 1530. The third-order valence-electron chi connectivity index (χ3n) is 6.55. The van der Waals surface area contributed by atoms with Crippen LogP contribution in [0.5, 0.6) is 11.5 Å². The molecule has 7 nitrogen and oxygen atoms in total. The van der Waals surface area contributed by atoms with E-state index in [-0.39, 0.29) is 11.3 Å². The van der Waals surface area contributed by atoms with Gasteiger partial charge in [0.05, 0.1) is 30.4 Å². The Hall–Kier alpha value is -4.52. The number of carbonyl (C=O) groups is 2. The van der Waals surface area contributed by atoms with Crippen molar-refractivity contribution in [2.75, 3.05) is 18.1 Å². The fourth-order valence-corrected chi connectivity index (χ4v) is 4.90. The predicted octanol–water partition coefficient (Wildman–Crippen LogP) is 5.90. The lowest BCUT2D eigenvalue weighted by molar-refractivity contribution is -0.132. The molecule has 188 valence electrons. The van der Waals surface area contributed by atoms with Gasteiger partial charge in [0.25, 0.3) is 11.7 Å². The number of aromatic nitrogens is 1. The van der Waals surface area contributed by atoms with Gasteiger partial charge in [-0.3, -0.25) is 14.5 Å². The average molecular weight is 497 g/mol. The summed E-state index contributed by atoms with van der Waals surface area (Å²) >= 11 is 0. The van der Waals surface area contributed by atoms with Gasteiger partial charge in [-0.25, -0.2) is 0 Å². The molecule has 1 saturated heterocycles. The van der Waals surface area contributed by atoms with Crippen LogP contribution in [0.25, 0.3) is 16.7 Å². The molecule has 7 heteroatoms. The van der Waals surface area contributed by atoms with Crippen LogP contribution in [0.4, 0.5) is 5.69 Å². The van der Waals surface area contributed by atoms with Crippen molar-refractivity contribution < 1.29 is 24.2 Å². The lowest BCUT2D eigenvalue weighted by Gasteiger charge is -2.26. The summed E-state index contributed by atoms with van der Waals surface area (Å²) in [5, 5.41) is 12.5. The van der Waals surface area contributed by atoms with E-state index in [1.54, 1.807) is 24.4 Å². The molecule has 1 atom stereocenters. The number of fused-ring (bicyclic) bond motifs is 1. The first-order chi connectivity index (χ1) is 18.0. The summed E-state index contributed by atoms with van der Waals surface area (Å²) in [6.45, 7) is 6.42. The van der Waals surface area contributed by atoms with E-state index in [0.29, 0.717) is 41.5 Å². The van der Waals surface area contributed by atoms with Crippen molar-refractivity contribution in [3.63, 3.8) is 0 Å². The first-order valence-electron chi connectivity index (χ1n) is 12.3. The molecule has 3 aromatic carbocycles. The zero-order valence-electron chi connectivity index (χ0n) is 20.9. The highest BCUT2D eigenvalue weighted by molar-refractivity contribution is 6.52. The smallest absolute Gasteiger partial charge is 0.300 e. The number of ether oxygens (including phenoxy) is 2. The Morgan fingerprint density at radius 3 is 2.46 bits per heavy atom. The second kappa shape index (κ2) is 9.85. The van der Waals surface area contributed by atoms with Crippen molar-refractivity contribution in [1.82, 2.24) is 4.98 Å². The Morgan fingerprint density at radius 1 is 0.973 bits per heavy atom. The van der Waals surface area contributed by atoms with Gasteiger partial charge in [-0.05, 0) is 50.6 Å². The normalized spacial score (nSPS) is 16.9. The number of nitrogens with zero attached hydrogens (tertiary/aromatic N) is 1. The molecule has 0 aliphatic carbocycles. The van der Waals surface area contributed by atoms with Crippen molar-refractivity contribution in [1.29, 1.82) is 0 Å². The molecule has 1 amide bonds. The first kappa shape index (κ1) is 24.2. The molecule has 2 N–H and O–H groups in total. The highest BCUT2D eigenvalue weighted by Gasteiger charge is 2.48. The second-order valence-corrected chi connectivity index (χ2v) is 8.77. The van der Waals surface area contributed by atoms with E-state index in [2.05, 4.69) is 4.98 Å². The molecule has 0 radical (unpaired) electrons. The molecular weight excluding hydrogens is 468 g/mol. The molecule has 2 heterocycles. The Morgan fingerprint density at radius 2 is 1.70 bits per heavy atom. The number of benzene rings is 3. The molecule has 1 unspecified atom stereocenters. The Labute approximate surface area is 214 Å². The van der Waals surface area contributed by atoms with E-state index in [1.165, 1.54) is 4.90 Å². The minimum Gasteiger partial charge on any atom is -0.507 e. The van der Waals surface area contributed by atoms with Crippen LogP contribution in [-0.2, 0) is 9.59 Å². The zero-order valence-corrected chi connectivity index (χ0v) is 20.9. The highest BCUT2D eigenvalue weighted by atomic mass is 16.5. The van der Waals surface area contributed by atoms with Gasteiger partial charge in [-0.15, -0.1) is 0 Å². The molecule has 0 bridgehead atoms. The van der Waals surface area contributed by atoms with Crippen LogP contribution >= 0.6 is 0 Å². The van der Waals surface area contributed by atoms with Crippen LogP contribution in [-0.4, -0.2) is 35.0 Å². The van der Waals surface area contributed by atoms with E-state index in [1.807, 2.05) is 69.3 Å². The van der Waals surface area contributed by atoms with Gasteiger partial charge in [0, 0.05) is 34.4 Å². The number of aromatic amines is 1. The molecular formula is C30H28N2O5. The number of nitrogens with one attached hydrogen (secondary N) is 1. The number of aliphatic hydroxyl groups is 1. The average Bonchev–Trinajstić information content (AvgIpc) is 3.43. The summed E-state index contributed by atoms with van der Waals surface area (Å²) in [5.41, 5.74) is 3.34. The molecule has 37 heavy (non-hydrogen) atoms. The maximum atomic E-state index is 13.6. The molecule has 1 fully saturated rings. The lowest BCUT2D eigenvalue weighted by atomic mass is 9.94. The fraction of sp³-hybridized carbons (Fsp3) is 0.200. The highest BCUT2D eigenvalue weighted by Crippen LogP contribution is 2.46. The lowest BCUT2D eigenvalue weighted by Crippen LogP contribution is -2.30. The van der Waals surface area contributed by atoms with Gasteiger partial charge in [-0.1, -0.05) is 36.4 Å². The minimum absolute atomic E-state index is 0.00289. The van der Waals surface area contributed by atoms with Crippen LogP contribution in [0.2, 0.25) is 0 Å². The summed E-state index contributed by atoms with van der Waals surface area (Å²) in [6, 6.07) is 19.3. The van der Waals surface area contributed by atoms with Crippen molar-refractivity contribution in [3.8, 4) is 11.5 Å². The van der Waals surface area contributed by atoms with Crippen LogP contribution < -0.4 is 14.4 Å². The van der Waals surface area contributed by atoms with Gasteiger partial charge < -0.3 is 19.6 Å². The number of para-hydroxylation sites is 2. The molecule has 4 aromatic rings. The first-order valence-corrected chi connectivity index (χ1v) is 12.3. The van der Waals surface area contributed by atoms with Crippen molar-refractivity contribution in [3.05, 3.63) is 95.2 Å². The Kier molecular flexibility index (Phi) is 6.44. The second-order valence-electron chi connectivity index (χ2n) is 8.77. The summed E-state index contributed by atoms with van der Waals surface area (Å²) in [6.07, 6.45) is 1.79. The number of carbonyl (C=O) groups excluding carboxylic acids is 2. The summed E-state index contributed by atoms with van der Waals surface area (Å²) in [7, 11) is 0. The number of Topliss-reactive ketones (excluding diaryl/α,β-unsaturated/α-hetero) is 1. The third-order valence-corrected chi connectivity index (χ3v) is 6.55. The van der Waals surface area contributed by atoms with E-state index < -0.39 is 17.7 Å². The maximum absolute atomic E-state index is 13.6. The van der Waals surface area contributed by atoms with E-state index in [0.717, 1.165) is 16.5 Å². The maximum Gasteiger partial charge on any atom is 0.300 e. The third kappa shape index (κ3) is 4.12. The number of amides is 1. The van der Waals surface area contributed by atoms with E-state index >= 15 is 0 Å². The number of H-pyrrole nitrogens is 1. The monoisotopic (exact) mass is 496 g/mol. The minimum atomic E-state index is -0.849. The summed E-state index contributed by atoms with van der Waals surface area (Å²) < 4.78 is 11.4. The largest absolute Gasteiger partial charge is 0.507 e. The number of anilines is 1. The van der Waals surface area contributed by atoms with Gasteiger partial charge in [0.15, 0.2) is 0 Å². The molecule has 1 aliphatic heterocycles. The van der Waals surface area contributed by atoms with E-state index in [9.17, 15) is 14.7 Å². The fourth-order valence-electron chi connectivity index (χ4n) is 4.90. The number of rotatable bonds is 7. The van der Waals surface area contributed by atoms with Crippen LogP contribution in [0, 0.1) is 6.92 Å². The zero-order chi connectivity index (χ0) is 26.1. The predicted molar refractivity (Wildman–Crippen MR) is 143 cm³/mol. The van der Waals surface area contributed by atoms with Crippen LogP contribution in [0.1, 0.15) is 36.6 Å². The standard InChI is InChI=1S/C30H28N2O5/c1-4-36-19-14-15-21(25(16-19)37-5-2)28(33)26-27(22-17-31-23-12-8-7-11-20(22)23)32(30(35)29(26)34)24-13-9-6-10-18(24)3/h6-17,27,31,33H,4-5H2,1-3H3/b28-26+. The van der Waals surface area contributed by atoms with Crippen LogP contribution in [0.3, 0.4) is 0 Å². The number of hydrogen-bond donors (Lipinski definition) is 2. The van der Waals surface area contributed by atoms with Gasteiger partial charge in [0.2, 0.25) is 0 Å². The Balaban J connectivity index is 1.77. The van der Waals surface area contributed by atoms with Gasteiger partial charge in [0.1, 0.15) is 17.3 Å². The van der Waals surface area contributed by atoms with Crippen molar-refractivity contribution in [2.45, 2.75) is 26.8 Å². The van der Waals surface area contributed by atoms with Crippen LogP contribution in [0.15, 0.2) is 78.5 Å². The molecule has 0 saturated carbocycles. The van der Waals surface area contributed by atoms with Gasteiger partial charge >= 0.3 is 0 Å². The molecule has 0 spiro atoms. The number of aryl methyl sites for hydroxylation is 1. The van der Waals surface area contributed by atoms with Crippen molar-refractivity contribution in [2.24, 2.45) is 0 Å². The summed E-state index contributed by atoms with van der Waals surface area (Å²) in [5.74, 6) is -0.805. The van der Waals surface area contributed by atoms with Gasteiger partial charge in [-0.2, -0.15) is 0 Å². The topological polar surface area (TPSA) is 91.9 Å².